The van der Waals surface area contributed by atoms with Crippen LogP contribution in [0.15, 0.2) is 47.8 Å². The maximum Gasteiger partial charge on any atom is 0.133 e. The van der Waals surface area contributed by atoms with E-state index in [4.69, 9.17) is 0 Å². The molecule has 1 aromatic heterocycles. The Morgan fingerprint density at radius 1 is 1.21 bits per heavy atom. The Balaban J connectivity index is 2.19. The van der Waals surface area contributed by atoms with E-state index in [1.807, 2.05) is 18.4 Å². The monoisotopic (exact) mass is 337 g/mol. The van der Waals surface area contributed by atoms with Crippen molar-refractivity contribution in [2.24, 2.45) is 0 Å². The smallest absolute Gasteiger partial charge is 0.133 e. The molecule has 0 N–H and O–H groups in total. The molecular weight excluding hydrogens is 322 g/mol. The first-order chi connectivity index (χ1) is 9.33. The summed E-state index contributed by atoms with van der Waals surface area (Å²) < 4.78 is 0. The third kappa shape index (κ3) is 4.21. The van der Waals surface area contributed by atoms with Crippen LogP contribution in [0.1, 0.15) is 5.56 Å². The summed E-state index contributed by atoms with van der Waals surface area (Å²) in [5.74, 6) is 0.975. The minimum atomic E-state index is 0.858. The number of alkyl halides is 1. The molecular formula is C14H16BrN3S. The molecule has 0 bridgehead atoms. The van der Waals surface area contributed by atoms with Crippen molar-refractivity contribution in [1.82, 2.24) is 9.97 Å². The van der Waals surface area contributed by atoms with Crippen LogP contribution in [-0.2, 0) is 6.54 Å². The maximum absolute atomic E-state index is 4.38. The first-order valence-corrected chi connectivity index (χ1v) is 8.39. The Morgan fingerprint density at radius 2 is 2.00 bits per heavy atom. The summed E-state index contributed by atoms with van der Waals surface area (Å²) in [7, 11) is 0. The van der Waals surface area contributed by atoms with Gasteiger partial charge < -0.3 is 4.90 Å². The molecule has 0 aliphatic rings. The summed E-state index contributed by atoms with van der Waals surface area (Å²) in [4.78, 5) is 10.9. The van der Waals surface area contributed by atoms with Gasteiger partial charge in [0, 0.05) is 24.5 Å². The Hall–Kier alpha value is -1.07. The number of rotatable bonds is 6. The van der Waals surface area contributed by atoms with Crippen molar-refractivity contribution in [3.05, 3.63) is 48.3 Å². The van der Waals surface area contributed by atoms with Crippen LogP contribution in [-0.4, -0.2) is 28.1 Å². The van der Waals surface area contributed by atoms with E-state index in [0.29, 0.717) is 0 Å². The molecule has 0 fully saturated rings. The molecule has 0 saturated heterocycles. The second-order valence-corrected chi connectivity index (χ2v) is 5.63. The molecule has 0 radical (unpaired) electrons. The maximum atomic E-state index is 4.38. The van der Waals surface area contributed by atoms with Crippen molar-refractivity contribution in [2.45, 2.75) is 11.6 Å². The summed E-state index contributed by atoms with van der Waals surface area (Å²) in [6, 6.07) is 12.5. The average Bonchev–Trinajstić information content (AvgIpc) is 2.48. The van der Waals surface area contributed by atoms with E-state index in [1.54, 1.807) is 18.1 Å². The molecule has 5 heteroatoms. The minimum Gasteiger partial charge on any atom is -0.351 e. The molecule has 0 aliphatic carbocycles. The molecule has 0 spiro atoms. The van der Waals surface area contributed by atoms with Crippen molar-refractivity contribution in [3.63, 3.8) is 0 Å². The van der Waals surface area contributed by atoms with Crippen molar-refractivity contribution >= 4 is 33.5 Å². The summed E-state index contributed by atoms with van der Waals surface area (Å²) in [6.07, 6.45) is 3.66. The molecule has 1 heterocycles. The van der Waals surface area contributed by atoms with Crippen molar-refractivity contribution in [1.29, 1.82) is 0 Å². The van der Waals surface area contributed by atoms with Gasteiger partial charge in [-0.15, -0.1) is 11.8 Å². The number of nitrogens with zero attached hydrogens (tertiary/aromatic N) is 3. The van der Waals surface area contributed by atoms with E-state index in [1.165, 1.54) is 5.56 Å². The summed E-state index contributed by atoms with van der Waals surface area (Å²) in [6.45, 7) is 1.77. The van der Waals surface area contributed by atoms with Crippen LogP contribution < -0.4 is 4.90 Å². The van der Waals surface area contributed by atoms with E-state index >= 15 is 0 Å². The van der Waals surface area contributed by atoms with Crippen LogP contribution in [0.5, 0.6) is 0 Å². The zero-order valence-electron chi connectivity index (χ0n) is 10.8. The number of hydrogen-bond donors (Lipinski definition) is 0. The van der Waals surface area contributed by atoms with Gasteiger partial charge in [-0.05, 0) is 11.8 Å². The number of hydrogen-bond acceptors (Lipinski definition) is 4. The number of benzene rings is 1. The van der Waals surface area contributed by atoms with Crippen molar-refractivity contribution in [2.75, 3.05) is 23.0 Å². The molecule has 2 aromatic rings. The molecule has 100 valence electrons. The Bertz CT molecular complexity index is 507. The van der Waals surface area contributed by atoms with Gasteiger partial charge in [0.2, 0.25) is 0 Å². The lowest BCUT2D eigenvalue weighted by Crippen LogP contribution is -2.25. The van der Waals surface area contributed by atoms with Gasteiger partial charge in [-0.3, -0.25) is 0 Å². The van der Waals surface area contributed by atoms with Gasteiger partial charge in [0.25, 0.3) is 0 Å². The topological polar surface area (TPSA) is 29.0 Å². The molecule has 1 aromatic carbocycles. The van der Waals surface area contributed by atoms with E-state index in [0.717, 1.165) is 29.3 Å². The van der Waals surface area contributed by atoms with Crippen LogP contribution in [0.3, 0.4) is 0 Å². The summed E-state index contributed by atoms with van der Waals surface area (Å²) in [5.41, 5.74) is 1.28. The summed E-state index contributed by atoms with van der Waals surface area (Å²) in [5, 5.41) is 1.91. The highest BCUT2D eigenvalue weighted by atomic mass is 79.9. The lowest BCUT2D eigenvalue weighted by molar-refractivity contribution is 0.810. The SMILES string of the molecule is CSc1cc(N(CCBr)Cc2ccccc2)ncn1. The third-order valence-electron chi connectivity index (χ3n) is 2.73. The van der Waals surface area contributed by atoms with E-state index in [9.17, 15) is 0 Å². The normalized spacial score (nSPS) is 10.4. The lowest BCUT2D eigenvalue weighted by Gasteiger charge is -2.23. The van der Waals surface area contributed by atoms with Gasteiger partial charge in [0.15, 0.2) is 0 Å². The quantitative estimate of drug-likeness (QED) is 0.457. The van der Waals surface area contributed by atoms with Crippen LogP contribution >= 0.6 is 27.7 Å². The van der Waals surface area contributed by atoms with Crippen LogP contribution in [0, 0.1) is 0 Å². The second-order valence-electron chi connectivity index (χ2n) is 4.01. The minimum absolute atomic E-state index is 0.858. The first kappa shape index (κ1) is 14.3. The van der Waals surface area contributed by atoms with Gasteiger partial charge in [-0.1, -0.05) is 46.3 Å². The fourth-order valence-corrected chi connectivity index (χ4v) is 2.60. The fraction of sp³-hybridized carbons (Fsp3) is 0.286. The Kier molecular flexibility index (Phi) is 5.66. The zero-order valence-corrected chi connectivity index (χ0v) is 13.2. The van der Waals surface area contributed by atoms with Gasteiger partial charge >= 0.3 is 0 Å². The number of halogens is 1. The lowest BCUT2D eigenvalue weighted by atomic mass is 10.2. The average molecular weight is 338 g/mol. The second kappa shape index (κ2) is 7.50. The van der Waals surface area contributed by atoms with E-state index in [2.05, 4.69) is 55.1 Å². The van der Waals surface area contributed by atoms with Gasteiger partial charge in [-0.2, -0.15) is 0 Å². The predicted octanol–water partition coefficient (Wildman–Crippen LogP) is 3.60. The molecule has 0 atom stereocenters. The standard InChI is InChI=1S/C14H16BrN3S/c1-19-14-9-13(16-11-17-14)18(8-7-15)10-12-5-3-2-4-6-12/h2-6,9,11H,7-8,10H2,1H3. The fourth-order valence-electron chi connectivity index (χ4n) is 1.79. The highest BCUT2D eigenvalue weighted by molar-refractivity contribution is 9.09. The van der Waals surface area contributed by atoms with E-state index < -0.39 is 0 Å². The van der Waals surface area contributed by atoms with Crippen LogP contribution in [0.2, 0.25) is 0 Å². The predicted molar refractivity (Wildman–Crippen MR) is 85.1 cm³/mol. The number of thioether (sulfide) groups is 1. The Labute approximate surface area is 126 Å². The van der Waals surface area contributed by atoms with Crippen LogP contribution in [0.4, 0.5) is 5.82 Å². The van der Waals surface area contributed by atoms with Gasteiger partial charge in [-0.25, -0.2) is 9.97 Å². The van der Waals surface area contributed by atoms with Crippen LogP contribution in [0.25, 0.3) is 0 Å². The number of anilines is 1. The third-order valence-corrected chi connectivity index (χ3v) is 3.73. The molecule has 0 saturated carbocycles. The van der Waals surface area contributed by atoms with E-state index in [-0.39, 0.29) is 0 Å². The zero-order chi connectivity index (χ0) is 13.5. The molecule has 3 nitrogen and oxygen atoms in total. The molecule has 0 unspecified atom stereocenters. The van der Waals surface area contributed by atoms with Gasteiger partial charge in [0.05, 0.1) is 0 Å². The molecule has 0 aliphatic heterocycles. The van der Waals surface area contributed by atoms with Gasteiger partial charge in [0.1, 0.15) is 17.2 Å². The largest absolute Gasteiger partial charge is 0.351 e. The molecule has 19 heavy (non-hydrogen) atoms. The molecule has 2 rings (SSSR count). The number of aromatic nitrogens is 2. The highest BCUT2D eigenvalue weighted by Crippen LogP contribution is 2.19. The van der Waals surface area contributed by atoms with Crippen molar-refractivity contribution in [3.8, 4) is 0 Å². The summed E-state index contributed by atoms with van der Waals surface area (Å²) >= 11 is 5.14. The molecule has 0 amide bonds. The first-order valence-electron chi connectivity index (χ1n) is 6.04. The Morgan fingerprint density at radius 3 is 2.68 bits per heavy atom. The van der Waals surface area contributed by atoms with Crippen molar-refractivity contribution < 1.29 is 0 Å². The highest BCUT2D eigenvalue weighted by Gasteiger charge is 2.09.